The normalized spacial score (nSPS) is 16.0. The van der Waals surface area contributed by atoms with Crippen LogP contribution in [0, 0.1) is 5.41 Å². The second-order valence-corrected chi connectivity index (χ2v) is 9.43. The van der Waals surface area contributed by atoms with Gasteiger partial charge in [0.15, 0.2) is 0 Å². The van der Waals surface area contributed by atoms with Crippen LogP contribution in [0.3, 0.4) is 0 Å². The van der Waals surface area contributed by atoms with E-state index in [9.17, 15) is 13.2 Å². The van der Waals surface area contributed by atoms with Gasteiger partial charge >= 0.3 is 0 Å². The predicted molar refractivity (Wildman–Crippen MR) is 113 cm³/mol. The Kier molecular flexibility index (Phi) is 6.09. The van der Waals surface area contributed by atoms with E-state index < -0.39 is 16.0 Å². The van der Waals surface area contributed by atoms with Crippen LogP contribution in [0.4, 0.5) is 5.69 Å². The van der Waals surface area contributed by atoms with Crippen LogP contribution in [-0.4, -0.2) is 42.4 Å². The molecule has 0 bridgehead atoms. The second kappa shape index (κ2) is 8.38. The summed E-state index contributed by atoms with van der Waals surface area (Å²) in [5.41, 5.74) is 8.08. The maximum absolute atomic E-state index is 12.5. The van der Waals surface area contributed by atoms with Crippen molar-refractivity contribution < 1.29 is 13.2 Å². The Morgan fingerprint density at radius 3 is 2.79 bits per heavy atom. The highest BCUT2D eigenvalue weighted by molar-refractivity contribution is 7.89. The first-order chi connectivity index (χ1) is 13.7. The molecule has 1 aliphatic carbocycles. The number of pyridine rings is 1. The van der Waals surface area contributed by atoms with Crippen molar-refractivity contribution >= 4 is 39.2 Å². The van der Waals surface area contributed by atoms with Crippen LogP contribution in [0.2, 0.25) is 5.02 Å². The number of aromatic nitrogens is 1. The molecule has 0 radical (unpaired) electrons. The van der Waals surface area contributed by atoms with Crippen LogP contribution in [0.15, 0.2) is 36.5 Å². The van der Waals surface area contributed by atoms with Gasteiger partial charge in [-0.05, 0) is 60.6 Å². The van der Waals surface area contributed by atoms with Crippen molar-refractivity contribution in [2.45, 2.75) is 25.2 Å². The fourth-order valence-electron chi connectivity index (χ4n) is 3.37. The SMILES string of the molecule is CN(C(=N)N)S(=O)(=O)CC1CCCc2ccc(NC(=O)c3ccc(Cl)cn3)cc21. The molecule has 2 aromatic rings. The first kappa shape index (κ1) is 21.1. The highest BCUT2D eigenvalue weighted by Crippen LogP contribution is 2.35. The number of aryl methyl sites for hydroxylation is 1. The zero-order valence-electron chi connectivity index (χ0n) is 15.9. The number of sulfonamides is 1. The van der Waals surface area contributed by atoms with Crippen molar-refractivity contribution in [2.75, 3.05) is 18.1 Å². The number of hydrogen-bond acceptors (Lipinski definition) is 5. The smallest absolute Gasteiger partial charge is 0.274 e. The zero-order chi connectivity index (χ0) is 21.2. The number of benzene rings is 1. The monoisotopic (exact) mass is 435 g/mol. The van der Waals surface area contributed by atoms with Crippen LogP contribution in [0.1, 0.15) is 40.4 Å². The molecule has 1 aliphatic rings. The molecule has 0 fully saturated rings. The highest BCUT2D eigenvalue weighted by Gasteiger charge is 2.29. The average molecular weight is 436 g/mol. The van der Waals surface area contributed by atoms with E-state index in [1.165, 1.54) is 19.3 Å². The quantitative estimate of drug-likeness (QED) is 0.491. The zero-order valence-corrected chi connectivity index (χ0v) is 17.4. The Bertz CT molecular complexity index is 1040. The maximum atomic E-state index is 12.5. The van der Waals surface area contributed by atoms with Gasteiger partial charge in [-0.25, -0.2) is 17.7 Å². The molecule has 0 saturated heterocycles. The maximum Gasteiger partial charge on any atom is 0.274 e. The number of guanidine groups is 1. The predicted octanol–water partition coefficient (Wildman–Crippen LogP) is 2.56. The molecule has 1 aromatic heterocycles. The summed E-state index contributed by atoms with van der Waals surface area (Å²) in [6, 6.07) is 8.64. The van der Waals surface area contributed by atoms with Gasteiger partial charge in [0.05, 0.1) is 10.8 Å². The second-order valence-electron chi connectivity index (χ2n) is 6.95. The molecule has 10 heteroatoms. The van der Waals surface area contributed by atoms with Gasteiger partial charge in [-0.2, -0.15) is 0 Å². The molecule has 0 saturated carbocycles. The highest BCUT2D eigenvalue weighted by atomic mass is 35.5. The van der Waals surface area contributed by atoms with Gasteiger partial charge in [-0.1, -0.05) is 17.7 Å². The molecular weight excluding hydrogens is 414 g/mol. The Hall–Kier alpha value is -2.65. The lowest BCUT2D eigenvalue weighted by molar-refractivity contribution is 0.102. The minimum absolute atomic E-state index is 0.147. The Labute approximate surface area is 174 Å². The van der Waals surface area contributed by atoms with Crippen LogP contribution < -0.4 is 11.1 Å². The summed E-state index contributed by atoms with van der Waals surface area (Å²) in [6.07, 6.45) is 3.82. The first-order valence-electron chi connectivity index (χ1n) is 9.04. The van der Waals surface area contributed by atoms with Gasteiger partial charge < -0.3 is 11.1 Å². The lowest BCUT2D eigenvalue weighted by Crippen LogP contribution is -2.40. The van der Waals surface area contributed by atoms with Gasteiger partial charge in [0.2, 0.25) is 16.0 Å². The molecule has 3 rings (SSSR count). The van der Waals surface area contributed by atoms with Crippen molar-refractivity contribution in [3.05, 3.63) is 58.4 Å². The summed E-state index contributed by atoms with van der Waals surface area (Å²) >= 11 is 5.80. The molecule has 0 spiro atoms. The Morgan fingerprint density at radius 2 is 2.14 bits per heavy atom. The minimum Gasteiger partial charge on any atom is -0.369 e. The molecule has 1 aromatic carbocycles. The summed E-state index contributed by atoms with van der Waals surface area (Å²) < 4.78 is 25.9. The number of nitrogens with two attached hydrogens (primary N) is 1. The molecule has 1 heterocycles. The van der Waals surface area contributed by atoms with E-state index >= 15 is 0 Å². The summed E-state index contributed by atoms with van der Waals surface area (Å²) in [5.74, 6) is -1.28. The van der Waals surface area contributed by atoms with Crippen molar-refractivity contribution in [1.29, 1.82) is 5.41 Å². The van der Waals surface area contributed by atoms with Gasteiger partial charge in [0.25, 0.3) is 5.91 Å². The summed E-state index contributed by atoms with van der Waals surface area (Å²) in [7, 11) is -2.44. The van der Waals surface area contributed by atoms with E-state index in [-0.39, 0.29) is 23.3 Å². The van der Waals surface area contributed by atoms with Crippen molar-refractivity contribution in [2.24, 2.45) is 5.73 Å². The fraction of sp³-hybridized carbons (Fsp3) is 0.316. The first-order valence-corrected chi connectivity index (χ1v) is 11.0. The van der Waals surface area contributed by atoms with E-state index in [1.54, 1.807) is 12.1 Å². The number of nitrogens with one attached hydrogen (secondary N) is 2. The van der Waals surface area contributed by atoms with Crippen LogP contribution >= 0.6 is 11.6 Å². The topological polar surface area (TPSA) is 129 Å². The summed E-state index contributed by atoms with van der Waals surface area (Å²) in [5, 5.41) is 10.6. The molecule has 154 valence electrons. The molecule has 1 atom stereocenters. The third-order valence-electron chi connectivity index (χ3n) is 4.97. The number of amides is 1. The molecule has 1 amide bonds. The third kappa shape index (κ3) is 4.86. The summed E-state index contributed by atoms with van der Waals surface area (Å²) in [4.78, 5) is 16.4. The Balaban J connectivity index is 1.83. The molecule has 8 nitrogen and oxygen atoms in total. The molecule has 1 unspecified atom stereocenters. The number of fused-ring (bicyclic) bond motifs is 1. The number of hydrogen-bond donors (Lipinski definition) is 3. The van der Waals surface area contributed by atoms with Crippen molar-refractivity contribution in [1.82, 2.24) is 9.29 Å². The van der Waals surface area contributed by atoms with E-state index in [4.69, 9.17) is 22.7 Å². The van der Waals surface area contributed by atoms with E-state index in [1.807, 2.05) is 12.1 Å². The number of anilines is 1. The van der Waals surface area contributed by atoms with Crippen LogP contribution in [-0.2, 0) is 16.4 Å². The Morgan fingerprint density at radius 1 is 1.38 bits per heavy atom. The molecule has 4 N–H and O–H groups in total. The van der Waals surface area contributed by atoms with Gasteiger partial charge in [-0.15, -0.1) is 0 Å². The summed E-state index contributed by atoms with van der Waals surface area (Å²) in [6.45, 7) is 0. The van der Waals surface area contributed by atoms with E-state index in [0.29, 0.717) is 17.1 Å². The lowest BCUT2D eigenvalue weighted by Gasteiger charge is -2.28. The number of nitrogens with zero attached hydrogens (tertiary/aromatic N) is 2. The fourth-order valence-corrected chi connectivity index (χ4v) is 4.86. The van der Waals surface area contributed by atoms with Crippen molar-refractivity contribution in [3.63, 3.8) is 0 Å². The third-order valence-corrected chi connectivity index (χ3v) is 7.05. The van der Waals surface area contributed by atoms with Crippen LogP contribution in [0.5, 0.6) is 0 Å². The number of rotatable bonds is 5. The average Bonchev–Trinajstić information content (AvgIpc) is 2.68. The van der Waals surface area contributed by atoms with Gasteiger partial charge in [0.1, 0.15) is 5.69 Å². The van der Waals surface area contributed by atoms with Crippen LogP contribution in [0.25, 0.3) is 0 Å². The minimum atomic E-state index is -3.71. The largest absolute Gasteiger partial charge is 0.369 e. The number of carbonyl (C=O) groups excluding carboxylic acids is 1. The lowest BCUT2D eigenvalue weighted by atomic mass is 9.83. The molecule has 0 aliphatic heterocycles. The van der Waals surface area contributed by atoms with E-state index in [0.717, 1.165) is 28.3 Å². The van der Waals surface area contributed by atoms with Gasteiger partial charge in [0, 0.05) is 18.9 Å². The van der Waals surface area contributed by atoms with Crippen molar-refractivity contribution in [3.8, 4) is 0 Å². The standard InChI is InChI=1S/C19H22ClN5O3S/c1-25(19(21)22)29(27,28)11-13-4-2-3-12-5-7-15(9-16(12)13)24-18(26)17-8-6-14(20)10-23-17/h5-10,13H,2-4,11H2,1H3,(H3,21,22)(H,24,26). The molecule has 29 heavy (non-hydrogen) atoms. The van der Waals surface area contributed by atoms with E-state index in [2.05, 4.69) is 10.3 Å². The molecular formula is C19H22ClN5O3S. The number of halogens is 1. The van der Waals surface area contributed by atoms with Gasteiger partial charge in [-0.3, -0.25) is 10.2 Å². The number of carbonyl (C=O) groups is 1.